The molecule has 0 aliphatic carbocycles. The maximum absolute atomic E-state index is 14.0. The van der Waals surface area contributed by atoms with E-state index in [1.807, 2.05) is 39.5 Å². The van der Waals surface area contributed by atoms with Crippen LogP contribution in [0.15, 0.2) is 18.2 Å². The number of carbonyl (C=O) groups excluding carboxylic acids is 3. The molecule has 2 fully saturated rings. The average molecular weight is 537 g/mol. The number of halogens is 2. The van der Waals surface area contributed by atoms with Gasteiger partial charge < -0.3 is 25.2 Å². The van der Waals surface area contributed by atoms with Crippen molar-refractivity contribution in [1.82, 2.24) is 20.4 Å². The molecule has 0 spiro atoms. The zero-order valence-electron chi connectivity index (χ0n) is 23.5. The highest BCUT2D eigenvalue weighted by molar-refractivity contribution is 5.90. The van der Waals surface area contributed by atoms with E-state index in [4.69, 9.17) is 4.74 Å². The Kier molecular flexibility index (Phi) is 9.39. The number of nitrogens with zero attached hydrogens (tertiary/aromatic N) is 2. The van der Waals surface area contributed by atoms with Crippen LogP contribution in [0.3, 0.4) is 0 Å². The first-order valence-electron chi connectivity index (χ1n) is 13.4. The Morgan fingerprint density at radius 2 is 1.79 bits per heavy atom. The summed E-state index contributed by atoms with van der Waals surface area (Å²) < 4.78 is 33.0. The molecule has 1 aromatic carbocycles. The first-order valence-corrected chi connectivity index (χ1v) is 13.4. The van der Waals surface area contributed by atoms with Crippen LogP contribution in [0.1, 0.15) is 54.4 Å². The van der Waals surface area contributed by atoms with Crippen molar-refractivity contribution in [2.24, 2.45) is 17.3 Å². The predicted molar refractivity (Wildman–Crippen MR) is 140 cm³/mol. The Bertz CT molecular complexity index is 1030. The lowest BCUT2D eigenvalue weighted by Gasteiger charge is -2.37. The zero-order valence-corrected chi connectivity index (χ0v) is 23.5. The number of amides is 3. The second-order valence-corrected chi connectivity index (χ2v) is 12.0. The predicted octanol–water partition coefficient (Wildman–Crippen LogP) is 2.96. The first kappa shape index (κ1) is 29.8. The van der Waals surface area contributed by atoms with Crippen LogP contribution in [-0.4, -0.2) is 78.4 Å². The van der Waals surface area contributed by atoms with Crippen LogP contribution in [0.4, 0.5) is 8.78 Å². The van der Waals surface area contributed by atoms with Crippen molar-refractivity contribution >= 4 is 17.7 Å². The second kappa shape index (κ2) is 12.0. The van der Waals surface area contributed by atoms with Crippen molar-refractivity contribution in [3.63, 3.8) is 0 Å². The monoisotopic (exact) mass is 536 g/mol. The number of nitrogens with one attached hydrogen (secondary N) is 2. The molecule has 2 heterocycles. The molecule has 5 atom stereocenters. The minimum atomic E-state index is -1.00. The molecule has 2 aliphatic rings. The number of hydrogen-bond donors (Lipinski definition) is 2. The Morgan fingerprint density at radius 3 is 2.37 bits per heavy atom. The van der Waals surface area contributed by atoms with E-state index in [9.17, 15) is 23.2 Å². The van der Waals surface area contributed by atoms with Gasteiger partial charge in [-0.2, -0.15) is 0 Å². The number of likely N-dealkylation sites (N-methyl/N-ethyl adjacent to an activating group) is 1. The van der Waals surface area contributed by atoms with Crippen LogP contribution >= 0.6 is 0 Å². The summed E-state index contributed by atoms with van der Waals surface area (Å²) in [6.45, 7) is 12.4. The van der Waals surface area contributed by atoms with E-state index in [2.05, 4.69) is 10.6 Å². The van der Waals surface area contributed by atoms with Gasteiger partial charge in [-0.15, -0.1) is 0 Å². The van der Waals surface area contributed by atoms with Gasteiger partial charge in [0.2, 0.25) is 17.7 Å². The van der Waals surface area contributed by atoms with Gasteiger partial charge in [-0.1, -0.05) is 34.6 Å². The summed E-state index contributed by atoms with van der Waals surface area (Å²) in [6, 6.07) is 1.65. The standard InChI is InChI=1S/C28H42F2N4O4/c1-16(2)12-23(35)34-14-18(15-38-19-8-9-20(29)21(30)13-19)24-22(34)10-11-33(24)27(37)25(28(4,5)6)32-26(36)17(3)31-7/h8-9,13,16-18,22,24-25,31H,10-12,14-15H2,1-7H3,(H,32,36)/t17-,18+,22+,24+,25+/m0/s1. The summed E-state index contributed by atoms with van der Waals surface area (Å²) in [5, 5.41) is 5.83. The van der Waals surface area contributed by atoms with E-state index >= 15 is 0 Å². The van der Waals surface area contributed by atoms with Gasteiger partial charge >= 0.3 is 0 Å². The summed E-state index contributed by atoms with van der Waals surface area (Å²) in [6.07, 6.45) is 1.02. The highest BCUT2D eigenvalue weighted by atomic mass is 19.2. The molecule has 3 amide bonds. The molecule has 2 N–H and O–H groups in total. The molecule has 0 aromatic heterocycles. The molecule has 0 bridgehead atoms. The summed E-state index contributed by atoms with van der Waals surface area (Å²) in [4.78, 5) is 43.5. The summed E-state index contributed by atoms with van der Waals surface area (Å²) in [5.41, 5.74) is -0.554. The third-order valence-electron chi connectivity index (χ3n) is 7.50. The van der Waals surface area contributed by atoms with Crippen molar-refractivity contribution in [2.45, 2.75) is 78.6 Å². The molecule has 0 unspecified atom stereocenters. The maximum atomic E-state index is 14.0. The van der Waals surface area contributed by atoms with Gasteiger partial charge in [0, 0.05) is 31.5 Å². The van der Waals surface area contributed by atoms with Crippen LogP contribution in [0.5, 0.6) is 5.75 Å². The fourth-order valence-electron chi connectivity index (χ4n) is 5.35. The van der Waals surface area contributed by atoms with Gasteiger partial charge in [-0.25, -0.2) is 8.78 Å². The van der Waals surface area contributed by atoms with Gasteiger partial charge in [-0.05, 0) is 43.9 Å². The number of benzene rings is 1. The SMILES string of the molecule is CN[C@@H](C)C(=O)N[C@H](C(=O)N1CC[C@@H]2[C@H]1[C@@H](COc1ccc(F)c(F)c1)CN2C(=O)CC(C)C)C(C)(C)C. The molecular weight excluding hydrogens is 494 g/mol. The van der Waals surface area contributed by atoms with Crippen LogP contribution in [0.2, 0.25) is 0 Å². The van der Waals surface area contributed by atoms with Crippen molar-refractivity contribution < 1.29 is 27.9 Å². The number of rotatable bonds is 9. The number of ether oxygens (including phenoxy) is 1. The third kappa shape index (κ3) is 6.62. The average Bonchev–Trinajstić information content (AvgIpc) is 3.42. The van der Waals surface area contributed by atoms with Gasteiger partial charge in [0.05, 0.1) is 24.7 Å². The molecule has 212 valence electrons. The summed E-state index contributed by atoms with van der Waals surface area (Å²) >= 11 is 0. The lowest BCUT2D eigenvalue weighted by atomic mass is 9.85. The highest BCUT2D eigenvalue weighted by Gasteiger charge is 2.53. The van der Waals surface area contributed by atoms with E-state index < -0.39 is 29.1 Å². The minimum absolute atomic E-state index is 0.0307. The fraction of sp³-hybridized carbons (Fsp3) is 0.679. The van der Waals surface area contributed by atoms with Crippen LogP contribution in [-0.2, 0) is 14.4 Å². The fourth-order valence-corrected chi connectivity index (χ4v) is 5.35. The highest BCUT2D eigenvalue weighted by Crippen LogP contribution is 2.38. The first-order chi connectivity index (χ1) is 17.7. The molecule has 10 heteroatoms. The molecule has 3 rings (SSSR count). The van der Waals surface area contributed by atoms with Gasteiger partial charge in [-0.3, -0.25) is 14.4 Å². The van der Waals surface area contributed by atoms with Crippen LogP contribution < -0.4 is 15.4 Å². The normalized spacial score (nSPS) is 22.8. The van der Waals surface area contributed by atoms with Gasteiger partial charge in [0.25, 0.3) is 0 Å². The summed E-state index contributed by atoms with van der Waals surface area (Å²) in [7, 11) is 1.68. The zero-order chi connectivity index (χ0) is 28.4. The minimum Gasteiger partial charge on any atom is -0.493 e. The number of hydrogen-bond acceptors (Lipinski definition) is 5. The third-order valence-corrected chi connectivity index (χ3v) is 7.50. The van der Waals surface area contributed by atoms with Gasteiger partial charge in [0.15, 0.2) is 11.6 Å². The Morgan fingerprint density at radius 1 is 1.11 bits per heavy atom. The second-order valence-electron chi connectivity index (χ2n) is 12.0. The lowest BCUT2D eigenvalue weighted by Crippen LogP contribution is -2.59. The summed E-state index contributed by atoms with van der Waals surface area (Å²) in [5.74, 6) is -2.26. The van der Waals surface area contributed by atoms with E-state index in [0.29, 0.717) is 25.9 Å². The molecule has 2 saturated heterocycles. The Balaban J connectivity index is 1.87. The molecule has 0 saturated carbocycles. The maximum Gasteiger partial charge on any atom is 0.246 e. The molecular formula is C28H42F2N4O4. The number of likely N-dealkylation sites (tertiary alicyclic amines) is 2. The van der Waals surface area contributed by atoms with Gasteiger partial charge in [0.1, 0.15) is 11.8 Å². The van der Waals surface area contributed by atoms with Crippen LogP contribution in [0.25, 0.3) is 0 Å². The molecule has 0 radical (unpaired) electrons. The molecule has 8 nitrogen and oxygen atoms in total. The van der Waals surface area contributed by atoms with E-state index in [-0.39, 0.29) is 54.0 Å². The lowest BCUT2D eigenvalue weighted by molar-refractivity contribution is -0.141. The molecule has 2 aliphatic heterocycles. The van der Waals surface area contributed by atoms with E-state index in [0.717, 1.165) is 12.1 Å². The van der Waals surface area contributed by atoms with Crippen molar-refractivity contribution in [3.05, 3.63) is 29.8 Å². The largest absolute Gasteiger partial charge is 0.493 e. The van der Waals surface area contributed by atoms with Crippen molar-refractivity contribution in [3.8, 4) is 5.75 Å². The topological polar surface area (TPSA) is 91.0 Å². The molecule has 1 aromatic rings. The van der Waals surface area contributed by atoms with E-state index in [1.165, 1.54) is 6.07 Å². The smallest absolute Gasteiger partial charge is 0.246 e. The number of fused-ring (bicyclic) bond motifs is 1. The Hall–Kier alpha value is -2.75. The van der Waals surface area contributed by atoms with Crippen molar-refractivity contribution in [1.29, 1.82) is 0 Å². The quantitative estimate of drug-likeness (QED) is 0.507. The number of carbonyl (C=O) groups is 3. The Labute approximate surface area is 224 Å². The van der Waals surface area contributed by atoms with Crippen molar-refractivity contribution in [2.75, 3.05) is 26.7 Å². The van der Waals surface area contributed by atoms with Crippen LogP contribution in [0, 0.1) is 28.9 Å². The van der Waals surface area contributed by atoms with E-state index in [1.54, 1.807) is 18.9 Å². The molecule has 38 heavy (non-hydrogen) atoms.